The van der Waals surface area contributed by atoms with Crippen molar-refractivity contribution < 1.29 is 14.3 Å². The monoisotopic (exact) mass is 502 g/mol. The molecule has 37 heavy (non-hydrogen) atoms. The molecule has 3 N–H and O–H groups in total. The van der Waals surface area contributed by atoms with Gasteiger partial charge in [-0.15, -0.1) is 0 Å². The average Bonchev–Trinajstić information content (AvgIpc) is 3.58. The van der Waals surface area contributed by atoms with Gasteiger partial charge in [0.2, 0.25) is 5.91 Å². The van der Waals surface area contributed by atoms with E-state index in [1.54, 1.807) is 30.8 Å². The molecule has 1 aliphatic heterocycles. The number of nitrogens with zero attached hydrogens (tertiary/aromatic N) is 6. The van der Waals surface area contributed by atoms with Crippen LogP contribution < -0.4 is 15.8 Å². The summed E-state index contributed by atoms with van der Waals surface area (Å²) in [5.74, 6) is 0.196. The van der Waals surface area contributed by atoms with E-state index in [4.69, 9.17) is 10.5 Å². The summed E-state index contributed by atoms with van der Waals surface area (Å²) in [4.78, 5) is 35.4. The summed E-state index contributed by atoms with van der Waals surface area (Å²) in [6.07, 6.45) is 7.52. The van der Waals surface area contributed by atoms with Crippen molar-refractivity contribution in [3.8, 4) is 23.2 Å². The van der Waals surface area contributed by atoms with Gasteiger partial charge in [-0.05, 0) is 44.1 Å². The molecule has 5 rings (SSSR count). The zero-order valence-electron chi connectivity index (χ0n) is 21.3. The minimum Gasteiger partial charge on any atom is -0.467 e. The van der Waals surface area contributed by atoms with Gasteiger partial charge in [0.15, 0.2) is 0 Å². The molecule has 3 aromatic heterocycles. The Bertz CT molecular complexity index is 1410. The molecule has 0 aromatic carbocycles. The molecule has 0 radical (unpaired) electrons. The highest BCUT2D eigenvalue weighted by molar-refractivity contribution is 6.02. The molecule has 4 atom stereocenters. The van der Waals surface area contributed by atoms with Crippen LogP contribution in [0.2, 0.25) is 0 Å². The summed E-state index contributed by atoms with van der Waals surface area (Å²) in [5.41, 5.74) is 8.00. The van der Waals surface area contributed by atoms with Crippen LogP contribution in [0.25, 0.3) is 16.6 Å². The first kappa shape index (κ1) is 24.5. The zero-order chi connectivity index (χ0) is 26.5. The van der Waals surface area contributed by atoms with Gasteiger partial charge in [0.1, 0.15) is 5.41 Å². The lowest BCUT2D eigenvalue weighted by molar-refractivity contribution is -0.136. The van der Waals surface area contributed by atoms with Crippen LogP contribution in [0.5, 0.6) is 6.01 Å². The van der Waals surface area contributed by atoms with Crippen molar-refractivity contribution in [2.45, 2.75) is 33.2 Å². The second-order valence-corrected chi connectivity index (χ2v) is 10.5. The topological polar surface area (TPSA) is 152 Å². The van der Waals surface area contributed by atoms with E-state index in [-0.39, 0.29) is 23.9 Å². The molecule has 192 valence electrons. The molecule has 0 bridgehead atoms. The molecule has 3 aromatic rings. The van der Waals surface area contributed by atoms with Crippen LogP contribution in [0.1, 0.15) is 37.6 Å². The fourth-order valence-electron chi connectivity index (χ4n) is 5.69. The number of methoxy groups -OCH3 is 1. The SMILES string of the molecule is COc1ncc(-c2cc3c(N[C@@H]4C[C@@H]5CN(C(=O)C(C)(C)C#N)C[C@@H]5[C@H]4C)c(C(N)=O)cnn3c2)cn1. The molecule has 1 saturated heterocycles. The summed E-state index contributed by atoms with van der Waals surface area (Å²) >= 11 is 0. The molecule has 2 amide bonds. The molecule has 0 unspecified atom stereocenters. The number of aromatic nitrogens is 4. The summed E-state index contributed by atoms with van der Waals surface area (Å²) in [5, 5.41) is 17.4. The second kappa shape index (κ2) is 9.03. The molecule has 1 saturated carbocycles. The van der Waals surface area contributed by atoms with Gasteiger partial charge < -0.3 is 20.7 Å². The number of rotatable bonds is 6. The number of anilines is 1. The van der Waals surface area contributed by atoms with Gasteiger partial charge >= 0.3 is 6.01 Å². The molecular formula is C26H30N8O3. The number of amides is 2. The third kappa shape index (κ3) is 4.22. The van der Waals surface area contributed by atoms with Crippen LogP contribution in [-0.2, 0) is 4.79 Å². The number of nitrogens with one attached hydrogen (secondary N) is 1. The van der Waals surface area contributed by atoms with Crippen molar-refractivity contribution in [2.75, 3.05) is 25.5 Å². The number of fused-ring (bicyclic) bond motifs is 2. The average molecular weight is 503 g/mol. The summed E-state index contributed by atoms with van der Waals surface area (Å²) in [6, 6.07) is 4.41. The number of carbonyl (C=O) groups is 2. The standard InChI is InChI=1S/C26H30N8O3/c1-14-19-12-33(24(36)26(2,3)13-27)10-16(19)5-20(14)32-22-18(23(28)35)9-31-34-11-15(6-21(22)34)17-7-29-25(37-4)30-8-17/h6-9,11,14,16,19-20,32H,5,10,12H2,1-4H3,(H2,28,35)/t14-,16-,19-,20-/m1/s1. The van der Waals surface area contributed by atoms with Gasteiger partial charge in [0.05, 0.1) is 36.1 Å². The number of nitriles is 1. The van der Waals surface area contributed by atoms with E-state index in [9.17, 15) is 14.9 Å². The Balaban J connectivity index is 1.41. The van der Waals surface area contributed by atoms with Crippen LogP contribution >= 0.6 is 0 Å². The van der Waals surface area contributed by atoms with Crippen LogP contribution in [0.3, 0.4) is 0 Å². The van der Waals surface area contributed by atoms with Crippen molar-refractivity contribution in [2.24, 2.45) is 28.9 Å². The Kier molecular flexibility index (Phi) is 5.98. The number of carbonyl (C=O) groups excluding carboxylic acids is 2. The normalized spacial score (nSPS) is 23.1. The Labute approximate surface area is 214 Å². The maximum atomic E-state index is 12.8. The number of likely N-dealkylation sites (tertiary alicyclic amines) is 1. The second-order valence-electron chi connectivity index (χ2n) is 10.5. The van der Waals surface area contributed by atoms with E-state index < -0.39 is 11.3 Å². The Morgan fingerprint density at radius 2 is 1.95 bits per heavy atom. The van der Waals surface area contributed by atoms with Gasteiger partial charge in [-0.25, -0.2) is 14.5 Å². The maximum Gasteiger partial charge on any atom is 0.316 e. The van der Waals surface area contributed by atoms with E-state index in [0.29, 0.717) is 36.2 Å². The minimum atomic E-state index is -1.03. The van der Waals surface area contributed by atoms with Crippen molar-refractivity contribution >= 4 is 23.0 Å². The van der Waals surface area contributed by atoms with Crippen molar-refractivity contribution in [3.63, 3.8) is 0 Å². The largest absolute Gasteiger partial charge is 0.467 e. The van der Waals surface area contributed by atoms with Crippen LogP contribution in [-0.4, -0.2) is 62.5 Å². The summed E-state index contributed by atoms with van der Waals surface area (Å²) in [7, 11) is 1.51. The number of ether oxygens (including phenoxy) is 1. The van der Waals surface area contributed by atoms with E-state index in [0.717, 1.165) is 23.1 Å². The van der Waals surface area contributed by atoms with E-state index in [2.05, 4.69) is 33.4 Å². The maximum absolute atomic E-state index is 12.8. The fourth-order valence-corrected chi connectivity index (χ4v) is 5.69. The molecule has 1 aliphatic carbocycles. The van der Waals surface area contributed by atoms with Crippen molar-refractivity contribution in [1.29, 1.82) is 5.26 Å². The number of hydrogen-bond donors (Lipinski definition) is 2. The smallest absolute Gasteiger partial charge is 0.316 e. The summed E-state index contributed by atoms with van der Waals surface area (Å²) < 4.78 is 6.75. The lowest BCUT2D eigenvalue weighted by Gasteiger charge is -2.28. The first-order chi connectivity index (χ1) is 17.6. The molecular weight excluding hydrogens is 472 g/mol. The van der Waals surface area contributed by atoms with Gasteiger partial charge in [-0.3, -0.25) is 9.59 Å². The molecule has 11 nitrogen and oxygen atoms in total. The fraction of sp³-hybridized carbons (Fsp3) is 0.462. The van der Waals surface area contributed by atoms with Gasteiger partial charge in [-0.1, -0.05) is 6.92 Å². The van der Waals surface area contributed by atoms with Gasteiger partial charge in [0, 0.05) is 48.8 Å². The van der Waals surface area contributed by atoms with E-state index in [1.807, 2.05) is 17.2 Å². The van der Waals surface area contributed by atoms with Crippen LogP contribution in [0.4, 0.5) is 5.69 Å². The lowest BCUT2D eigenvalue weighted by Crippen LogP contribution is -2.40. The Morgan fingerprint density at radius 1 is 1.22 bits per heavy atom. The molecule has 2 aliphatic rings. The highest BCUT2D eigenvalue weighted by Gasteiger charge is 2.49. The Hall–Kier alpha value is -4.20. The molecule has 0 spiro atoms. The number of hydrogen-bond acceptors (Lipinski definition) is 8. The van der Waals surface area contributed by atoms with Crippen LogP contribution in [0.15, 0.2) is 30.9 Å². The predicted molar refractivity (Wildman–Crippen MR) is 135 cm³/mol. The minimum absolute atomic E-state index is 0.0863. The number of nitrogens with two attached hydrogens (primary N) is 1. The van der Waals surface area contributed by atoms with Crippen LogP contribution in [0, 0.1) is 34.5 Å². The highest BCUT2D eigenvalue weighted by Crippen LogP contribution is 2.45. The summed E-state index contributed by atoms with van der Waals surface area (Å²) in [6.45, 7) is 6.78. The lowest BCUT2D eigenvalue weighted by atomic mass is 9.92. The zero-order valence-corrected chi connectivity index (χ0v) is 21.3. The van der Waals surface area contributed by atoms with Gasteiger partial charge in [-0.2, -0.15) is 10.4 Å². The third-order valence-electron chi connectivity index (χ3n) is 7.84. The first-order valence-electron chi connectivity index (χ1n) is 12.3. The van der Waals surface area contributed by atoms with E-state index >= 15 is 0 Å². The van der Waals surface area contributed by atoms with E-state index in [1.165, 1.54) is 13.3 Å². The molecule has 11 heteroatoms. The van der Waals surface area contributed by atoms with Crippen molar-refractivity contribution in [1.82, 2.24) is 24.5 Å². The van der Waals surface area contributed by atoms with Gasteiger partial charge in [0.25, 0.3) is 5.91 Å². The highest BCUT2D eigenvalue weighted by atomic mass is 16.5. The molecule has 4 heterocycles. The third-order valence-corrected chi connectivity index (χ3v) is 7.84. The quantitative estimate of drug-likeness (QED) is 0.521. The first-order valence-corrected chi connectivity index (χ1v) is 12.3. The number of primary amides is 1. The molecule has 2 fully saturated rings. The van der Waals surface area contributed by atoms with Crippen molar-refractivity contribution in [3.05, 3.63) is 36.4 Å². The predicted octanol–water partition coefficient (Wildman–Crippen LogP) is 2.34. The Morgan fingerprint density at radius 3 is 2.57 bits per heavy atom.